The second-order valence-corrected chi connectivity index (χ2v) is 9.60. The average molecular weight is 448 g/mol. The predicted octanol–water partition coefficient (Wildman–Crippen LogP) is 4.21. The lowest BCUT2D eigenvalue weighted by Gasteiger charge is -2.36. The van der Waals surface area contributed by atoms with Crippen LogP contribution in [-0.2, 0) is 28.9 Å². The first-order valence-electron chi connectivity index (χ1n) is 12.6. The number of aryl methyl sites for hydroxylation is 2. The van der Waals surface area contributed by atoms with Crippen LogP contribution < -0.4 is 10.6 Å². The Balaban J connectivity index is 1.41. The van der Waals surface area contributed by atoms with Crippen LogP contribution in [0, 0.1) is 11.8 Å². The molecule has 4 rings (SSSR count). The van der Waals surface area contributed by atoms with Crippen molar-refractivity contribution in [3.8, 4) is 0 Å². The van der Waals surface area contributed by atoms with E-state index in [-0.39, 0.29) is 23.7 Å². The number of anilines is 1. The largest absolute Gasteiger partial charge is 0.356 e. The minimum Gasteiger partial charge on any atom is -0.356 e. The van der Waals surface area contributed by atoms with Gasteiger partial charge in [-0.1, -0.05) is 49.7 Å². The molecule has 33 heavy (non-hydrogen) atoms. The molecule has 2 atom stereocenters. The highest BCUT2D eigenvalue weighted by Crippen LogP contribution is 2.27. The van der Waals surface area contributed by atoms with E-state index >= 15 is 0 Å². The Morgan fingerprint density at radius 1 is 0.970 bits per heavy atom. The summed E-state index contributed by atoms with van der Waals surface area (Å²) >= 11 is 0. The van der Waals surface area contributed by atoms with Crippen molar-refractivity contribution in [2.45, 2.75) is 51.9 Å². The summed E-state index contributed by atoms with van der Waals surface area (Å²) in [6.07, 6.45) is 6.99. The van der Waals surface area contributed by atoms with Gasteiger partial charge in [-0.2, -0.15) is 0 Å². The first kappa shape index (κ1) is 23.5. The number of carbonyl (C=O) groups is 2. The first-order chi connectivity index (χ1) is 16.1. The van der Waals surface area contributed by atoms with Gasteiger partial charge < -0.3 is 15.5 Å². The Hall–Kier alpha value is -2.66. The molecule has 176 valence electrons. The summed E-state index contributed by atoms with van der Waals surface area (Å²) in [6, 6.07) is 16.7. The Kier molecular flexibility index (Phi) is 8.16. The van der Waals surface area contributed by atoms with Crippen LogP contribution in [-0.4, -0.2) is 42.9 Å². The molecular weight excluding hydrogens is 410 g/mol. The normalized spacial score (nSPS) is 20.3. The van der Waals surface area contributed by atoms with Gasteiger partial charge in [-0.15, -0.1) is 0 Å². The molecule has 0 bridgehead atoms. The second kappa shape index (κ2) is 11.5. The van der Waals surface area contributed by atoms with Crippen LogP contribution in [0.15, 0.2) is 48.5 Å². The first-order valence-corrected chi connectivity index (χ1v) is 12.6. The average Bonchev–Trinajstić information content (AvgIpc) is 3.31. The van der Waals surface area contributed by atoms with Crippen molar-refractivity contribution < 1.29 is 9.59 Å². The van der Waals surface area contributed by atoms with Crippen LogP contribution >= 0.6 is 0 Å². The molecule has 1 aliphatic heterocycles. The van der Waals surface area contributed by atoms with Gasteiger partial charge in [-0.05, 0) is 67.3 Å². The van der Waals surface area contributed by atoms with Gasteiger partial charge >= 0.3 is 0 Å². The molecule has 1 saturated heterocycles. The molecule has 0 radical (unpaired) electrons. The Morgan fingerprint density at radius 3 is 2.52 bits per heavy atom. The lowest BCUT2D eigenvalue weighted by molar-refractivity contribution is -0.129. The topological polar surface area (TPSA) is 61.4 Å². The number of benzene rings is 2. The van der Waals surface area contributed by atoms with Crippen molar-refractivity contribution >= 4 is 17.5 Å². The molecule has 2 N–H and O–H groups in total. The number of hydrogen-bond donors (Lipinski definition) is 2. The molecule has 2 aliphatic rings. The van der Waals surface area contributed by atoms with Crippen molar-refractivity contribution in [2.75, 3.05) is 31.5 Å². The van der Waals surface area contributed by atoms with Gasteiger partial charge in [-0.3, -0.25) is 9.59 Å². The van der Waals surface area contributed by atoms with Crippen molar-refractivity contribution in [2.24, 2.45) is 11.8 Å². The third-order valence-electron chi connectivity index (χ3n) is 7.02. The maximum absolute atomic E-state index is 13.2. The van der Waals surface area contributed by atoms with Crippen molar-refractivity contribution in [1.29, 1.82) is 0 Å². The number of likely N-dealkylation sites (tertiary alicyclic amines) is 1. The highest BCUT2D eigenvalue weighted by molar-refractivity contribution is 5.93. The van der Waals surface area contributed by atoms with E-state index in [4.69, 9.17) is 0 Å². The molecule has 2 amide bonds. The van der Waals surface area contributed by atoms with E-state index in [2.05, 4.69) is 58.9 Å². The summed E-state index contributed by atoms with van der Waals surface area (Å²) in [7, 11) is 0. The van der Waals surface area contributed by atoms with Crippen LogP contribution in [0.3, 0.4) is 0 Å². The summed E-state index contributed by atoms with van der Waals surface area (Å²) in [5, 5.41) is 6.24. The van der Waals surface area contributed by atoms with E-state index in [9.17, 15) is 9.59 Å². The molecule has 5 nitrogen and oxygen atoms in total. The molecule has 0 unspecified atom stereocenters. The number of nitrogens with zero attached hydrogens (tertiary/aromatic N) is 1. The van der Waals surface area contributed by atoms with Gasteiger partial charge in [0.15, 0.2) is 0 Å². The summed E-state index contributed by atoms with van der Waals surface area (Å²) in [6.45, 7) is 5.10. The lowest BCUT2D eigenvalue weighted by atomic mass is 9.87. The quantitative estimate of drug-likeness (QED) is 0.566. The van der Waals surface area contributed by atoms with Crippen LogP contribution in [0.1, 0.15) is 49.3 Å². The fraction of sp³-hybridized carbons (Fsp3) is 0.500. The molecule has 0 saturated carbocycles. The van der Waals surface area contributed by atoms with E-state index < -0.39 is 0 Å². The van der Waals surface area contributed by atoms with E-state index in [1.54, 1.807) is 0 Å². The molecule has 1 aliphatic carbocycles. The highest BCUT2D eigenvalue weighted by atomic mass is 16.2. The van der Waals surface area contributed by atoms with Gasteiger partial charge in [0.25, 0.3) is 0 Å². The van der Waals surface area contributed by atoms with E-state index in [0.717, 1.165) is 44.3 Å². The lowest BCUT2D eigenvalue weighted by Crippen LogP contribution is -2.49. The van der Waals surface area contributed by atoms with E-state index in [1.165, 1.54) is 23.1 Å². The fourth-order valence-electron chi connectivity index (χ4n) is 5.11. The predicted molar refractivity (Wildman–Crippen MR) is 133 cm³/mol. The van der Waals surface area contributed by atoms with E-state index in [0.29, 0.717) is 26.1 Å². The van der Waals surface area contributed by atoms with Crippen molar-refractivity contribution in [3.63, 3.8) is 0 Å². The molecule has 5 heteroatoms. The minimum atomic E-state index is -0.190. The molecular formula is C28H37N3O2. The Morgan fingerprint density at radius 2 is 1.73 bits per heavy atom. The number of nitrogens with one attached hydrogen (secondary N) is 2. The second-order valence-electron chi connectivity index (χ2n) is 9.60. The number of hydrogen-bond acceptors (Lipinski definition) is 3. The number of rotatable bonds is 9. The molecule has 0 aromatic heterocycles. The summed E-state index contributed by atoms with van der Waals surface area (Å²) in [4.78, 5) is 28.4. The van der Waals surface area contributed by atoms with Crippen molar-refractivity contribution in [3.05, 3.63) is 65.2 Å². The SMILES string of the molecule is CCCCNC(=O)[C@H]1C[C@@H](C(=O)Nc2ccc3c(c2)CCC3)CN(CCc2ccccc2)C1. The maximum atomic E-state index is 13.2. The number of fused-ring (bicyclic) bond motifs is 1. The molecule has 0 spiro atoms. The van der Waals surface area contributed by atoms with Gasteiger partial charge in [-0.25, -0.2) is 0 Å². The maximum Gasteiger partial charge on any atom is 0.228 e. The molecule has 2 aromatic rings. The number of unbranched alkanes of at least 4 members (excludes halogenated alkanes) is 1. The molecule has 1 fully saturated rings. The standard InChI is InChI=1S/C28H37N3O2/c1-2-3-15-29-27(32)24-17-25(20-31(19-24)16-14-21-8-5-4-6-9-21)28(33)30-26-13-12-22-10-7-11-23(22)18-26/h4-6,8-9,12-13,18,24-25H,2-3,7,10-11,14-17,19-20H2,1H3,(H,29,32)(H,30,33)/t24-,25+/m0/s1. The number of piperidine rings is 1. The van der Waals surface area contributed by atoms with Gasteiger partial charge in [0.2, 0.25) is 11.8 Å². The third kappa shape index (κ3) is 6.44. The van der Waals surface area contributed by atoms with Crippen LogP contribution in [0.4, 0.5) is 5.69 Å². The van der Waals surface area contributed by atoms with Gasteiger partial charge in [0.05, 0.1) is 11.8 Å². The fourth-order valence-corrected chi connectivity index (χ4v) is 5.11. The van der Waals surface area contributed by atoms with Gasteiger partial charge in [0.1, 0.15) is 0 Å². The zero-order chi connectivity index (χ0) is 23.0. The molecule has 2 aromatic carbocycles. The molecule has 1 heterocycles. The van der Waals surface area contributed by atoms with Crippen LogP contribution in [0.25, 0.3) is 0 Å². The summed E-state index contributed by atoms with van der Waals surface area (Å²) in [5.74, 6) is -0.223. The summed E-state index contributed by atoms with van der Waals surface area (Å²) in [5.41, 5.74) is 4.92. The zero-order valence-electron chi connectivity index (χ0n) is 19.8. The minimum absolute atomic E-state index is 0.0312. The van der Waals surface area contributed by atoms with Crippen LogP contribution in [0.5, 0.6) is 0 Å². The highest BCUT2D eigenvalue weighted by Gasteiger charge is 2.35. The Bertz CT molecular complexity index is 943. The van der Waals surface area contributed by atoms with Crippen LogP contribution in [0.2, 0.25) is 0 Å². The van der Waals surface area contributed by atoms with Crippen molar-refractivity contribution in [1.82, 2.24) is 10.2 Å². The third-order valence-corrected chi connectivity index (χ3v) is 7.02. The van der Waals surface area contributed by atoms with Gasteiger partial charge in [0, 0.05) is 31.9 Å². The summed E-state index contributed by atoms with van der Waals surface area (Å²) < 4.78 is 0. The smallest absolute Gasteiger partial charge is 0.228 e. The zero-order valence-corrected chi connectivity index (χ0v) is 19.8. The number of amides is 2. The monoisotopic (exact) mass is 447 g/mol. The number of carbonyl (C=O) groups excluding carboxylic acids is 2. The van der Waals surface area contributed by atoms with E-state index in [1.807, 2.05) is 12.1 Å². The Labute approximate surface area is 197 Å².